The van der Waals surface area contributed by atoms with Crippen LogP contribution in [0.2, 0.25) is 0 Å². The van der Waals surface area contributed by atoms with Crippen LogP contribution >= 0.6 is 0 Å². The number of carboxylic acids is 1. The van der Waals surface area contributed by atoms with Crippen molar-refractivity contribution in [2.45, 2.75) is 32.7 Å². The molecular formula is C14H20N2O4. The minimum atomic E-state index is -1.11. The number of hydrogen-bond donors (Lipinski definition) is 3. The first kappa shape index (κ1) is 14.6. The van der Waals surface area contributed by atoms with Gasteiger partial charge in [-0.05, 0) is 44.5 Å². The zero-order valence-corrected chi connectivity index (χ0v) is 11.6. The van der Waals surface area contributed by atoms with Crippen molar-refractivity contribution in [3.05, 3.63) is 23.7 Å². The first-order chi connectivity index (χ1) is 9.57. The van der Waals surface area contributed by atoms with Crippen LogP contribution in [0.1, 0.15) is 42.5 Å². The fraction of sp³-hybridized carbons (Fsp3) is 0.571. The second-order valence-corrected chi connectivity index (χ2v) is 5.14. The van der Waals surface area contributed by atoms with Gasteiger partial charge in [-0.25, -0.2) is 4.79 Å². The van der Waals surface area contributed by atoms with Crippen molar-refractivity contribution >= 4 is 11.9 Å². The molecule has 1 saturated heterocycles. The van der Waals surface area contributed by atoms with Gasteiger partial charge in [0.05, 0.1) is 12.0 Å². The SMILES string of the molecule is CCC1(C(=O)NCc2ccc(C(=O)O)o2)CCNCC1. The summed E-state index contributed by atoms with van der Waals surface area (Å²) in [6.07, 6.45) is 2.46. The van der Waals surface area contributed by atoms with E-state index in [-0.39, 0.29) is 23.6 Å². The zero-order chi connectivity index (χ0) is 14.6. The largest absolute Gasteiger partial charge is 0.475 e. The zero-order valence-electron chi connectivity index (χ0n) is 11.6. The molecule has 0 spiro atoms. The third kappa shape index (κ3) is 3.01. The highest BCUT2D eigenvalue weighted by molar-refractivity contribution is 5.84. The maximum atomic E-state index is 12.4. The molecule has 20 heavy (non-hydrogen) atoms. The Balaban J connectivity index is 1.94. The molecule has 0 atom stereocenters. The highest BCUT2D eigenvalue weighted by Gasteiger charge is 2.37. The second kappa shape index (κ2) is 6.09. The molecule has 2 rings (SSSR count). The molecule has 6 heteroatoms. The lowest BCUT2D eigenvalue weighted by molar-refractivity contribution is -0.133. The van der Waals surface area contributed by atoms with Gasteiger partial charge in [0.25, 0.3) is 0 Å². The fourth-order valence-electron chi connectivity index (χ4n) is 2.59. The topological polar surface area (TPSA) is 91.6 Å². The molecule has 1 fully saturated rings. The number of furan rings is 1. The quantitative estimate of drug-likeness (QED) is 0.757. The van der Waals surface area contributed by atoms with Crippen LogP contribution in [-0.4, -0.2) is 30.1 Å². The molecule has 2 heterocycles. The minimum Gasteiger partial charge on any atom is -0.475 e. The summed E-state index contributed by atoms with van der Waals surface area (Å²) >= 11 is 0. The van der Waals surface area contributed by atoms with Crippen molar-refractivity contribution in [3.63, 3.8) is 0 Å². The van der Waals surface area contributed by atoms with Gasteiger partial charge in [0.15, 0.2) is 0 Å². The van der Waals surface area contributed by atoms with Crippen molar-refractivity contribution in [2.24, 2.45) is 5.41 Å². The predicted molar refractivity (Wildman–Crippen MR) is 72.3 cm³/mol. The third-order valence-electron chi connectivity index (χ3n) is 4.01. The molecule has 0 unspecified atom stereocenters. The first-order valence-corrected chi connectivity index (χ1v) is 6.88. The Labute approximate surface area is 117 Å². The van der Waals surface area contributed by atoms with E-state index in [1.807, 2.05) is 6.92 Å². The average Bonchev–Trinajstić information content (AvgIpc) is 2.94. The van der Waals surface area contributed by atoms with Crippen molar-refractivity contribution in [2.75, 3.05) is 13.1 Å². The van der Waals surface area contributed by atoms with Gasteiger partial charge in [-0.3, -0.25) is 4.79 Å². The van der Waals surface area contributed by atoms with Crippen LogP contribution in [0.5, 0.6) is 0 Å². The summed E-state index contributed by atoms with van der Waals surface area (Å²) in [5, 5.41) is 14.9. The summed E-state index contributed by atoms with van der Waals surface area (Å²) in [7, 11) is 0. The molecule has 0 saturated carbocycles. The number of hydrogen-bond acceptors (Lipinski definition) is 4. The number of aromatic carboxylic acids is 1. The van der Waals surface area contributed by atoms with Gasteiger partial charge in [0, 0.05) is 0 Å². The summed E-state index contributed by atoms with van der Waals surface area (Å²) in [6, 6.07) is 2.97. The Morgan fingerprint density at radius 3 is 2.65 bits per heavy atom. The second-order valence-electron chi connectivity index (χ2n) is 5.14. The number of carbonyl (C=O) groups excluding carboxylic acids is 1. The monoisotopic (exact) mass is 280 g/mol. The number of nitrogens with one attached hydrogen (secondary N) is 2. The lowest BCUT2D eigenvalue weighted by atomic mass is 9.76. The standard InChI is InChI=1S/C14H20N2O4/c1-2-14(5-7-15-8-6-14)13(19)16-9-10-3-4-11(20-10)12(17)18/h3-4,15H,2,5-9H2,1H3,(H,16,19)(H,17,18). The Morgan fingerprint density at radius 2 is 2.10 bits per heavy atom. The van der Waals surface area contributed by atoms with Crippen LogP contribution in [0.3, 0.4) is 0 Å². The molecule has 0 aromatic carbocycles. The molecular weight excluding hydrogens is 260 g/mol. The van der Waals surface area contributed by atoms with Gasteiger partial charge in [0.2, 0.25) is 11.7 Å². The lowest BCUT2D eigenvalue weighted by Gasteiger charge is -2.35. The van der Waals surface area contributed by atoms with Gasteiger partial charge in [0.1, 0.15) is 5.76 Å². The van der Waals surface area contributed by atoms with Crippen LogP contribution in [0.15, 0.2) is 16.5 Å². The summed E-state index contributed by atoms with van der Waals surface area (Å²) in [5.41, 5.74) is -0.312. The Bertz CT molecular complexity index is 489. The van der Waals surface area contributed by atoms with Crippen LogP contribution in [0.25, 0.3) is 0 Å². The molecule has 1 aliphatic rings. The number of carbonyl (C=O) groups is 2. The molecule has 6 nitrogen and oxygen atoms in total. The van der Waals surface area contributed by atoms with Crippen molar-refractivity contribution in [3.8, 4) is 0 Å². The molecule has 1 aromatic rings. The van der Waals surface area contributed by atoms with E-state index in [0.29, 0.717) is 5.76 Å². The van der Waals surface area contributed by atoms with Gasteiger partial charge in [-0.1, -0.05) is 6.92 Å². The smallest absolute Gasteiger partial charge is 0.371 e. The van der Waals surface area contributed by atoms with E-state index < -0.39 is 5.97 Å². The molecule has 1 aliphatic heterocycles. The fourth-order valence-corrected chi connectivity index (χ4v) is 2.59. The Kier molecular flexibility index (Phi) is 4.44. The van der Waals surface area contributed by atoms with E-state index in [1.54, 1.807) is 6.07 Å². The molecule has 0 aliphatic carbocycles. The lowest BCUT2D eigenvalue weighted by Crippen LogP contribution is -2.47. The first-order valence-electron chi connectivity index (χ1n) is 6.88. The van der Waals surface area contributed by atoms with Crippen LogP contribution < -0.4 is 10.6 Å². The predicted octanol–water partition coefficient (Wildman–Crippen LogP) is 1.37. The summed E-state index contributed by atoms with van der Waals surface area (Å²) in [6.45, 7) is 3.96. The third-order valence-corrected chi connectivity index (χ3v) is 4.01. The van der Waals surface area contributed by atoms with Crippen molar-refractivity contribution < 1.29 is 19.1 Å². The molecule has 0 radical (unpaired) electrons. The highest BCUT2D eigenvalue weighted by Crippen LogP contribution is 2.32. The average molecular weight is 280 g/mol. The maximum Gasteiger partial charge on any atom is 0.371 e. The Hall–Kier alpha value is -1.82. The molecule has 1 amide bonds. The van der Waals surface area contributed by atoms with Crippen LogP contribution in [-0.2, 0) is 11.3 Å². The summed E-state index contributed by atoms with van der Waals surface area (Å²) < 4.78 is 5.12. The molecule has 0 bridgehead atoms. The van der Waals surface area contributed by atoms with Gasteiger partial charge >= 0.3 is 5.97 Å². The van der Waals surface area contributed by atoms with E-state index in [9.17, 15) is 9.59 Å². The van der Waals surface area contributed by atoms with Crippen molar-refractivity contribution in [1.29, 1.82) is 0 Å². The minimum absolute atomic E-state index is 0.0229. The number of rotatable bonds is 5. The maximum absolute atomic E-state index is 12.4. The van der Waals surface area contributed by atoms with Gasteiger partial charge in [-0.15, -0.1) is 0 Å². The van der Waals surface area contributed by atoms with E-state index in [2.05, 4.69) is 10.6 Å². The van der Waals surface area contributed by atoms with Gasteiger partial charge in [-0.2, -0.15) is 0 Å². The molecule has 110 valence electrons. The van der Waals surface area contributed by atoms with E-state index in [0.717, 1.165) is 32.4 Å². The molecule has 1 aromatic heterocycles. The molecule has 3 N–H and O–H groups in total. The van der Waals surface area contributed by atoms with Gasteiger partial charge < -0.3 is 20.2 Å². The summed E-state index contributed by atoms with van der Waals surface area (Å²) in [5.74, 6) is -0.738. The van der Waals surface area contributed by atoms with E-state index in [1.165, 1.54) is 6.07 Å². The van der Waals surface area contributed by atoms with Crippen LogP contribution in [0, 0.1) is 5.41 Å². The summed E-state index contributed by atoms with van der Waals surface area (Å²) in [4.78, 5) is 23.1. The Morgan fingerprint density at radius 1 is 1.40 bits per heavy atom. The number of carboxylic acid groups (broad SMARTS) is 1. The highest BCUT2D eigenvalue weighted by atomic mass is 16.4. The van der Waals surface area contributed by atoms with Crippen molar-refractivity contribution in [1.82, 2.24) is 10.6 Å². The number of amides is 1. The normalized spacial score (nSPS) is 17.6. The van der Waals surface area contributed by atoms with E-state index in [4.69, 9.17) is 9.52 Å². The number of piperidine rings is 1. The van der Waals surface area contributed by atoms with Crippen LogP contribution in [0.4, 0.5) is 0 Å². The van der Waals surface area contributed by atoms with E-state index >= 15 is 0 Å².